The summed E-state index contributed by atoms with van der Waals surface area (Å²) in [5.41, 5.74) is 0.642. The topological polar surface area (TPSA) is 57.4 Å². The van der Waals surface area contributed by atoms with Crippen molar-refractivity contribution < 1.29 is 8.91 Å². The molecule has 0 aliphatic carbocycles. The molecular formula is C21H24FN5O. The number of nitrogens with one attached hydrogen (secondary N) is 1. The van der Waals surface area contributed by atoms with Crippen LogP contribution < -0.4 is 10.2 Å². The molecule has 28 heavy (non-hydrogen) atoms. The maximum Gasteiger partial charge on any atom is 0.180 e. The van der Waals surface area contributed by atoms with E-state index in [1.54, 1.807) is 6.07 Å². The van der Waals surface area contributed by atoms with Crippen LogP contribution in [0, 0.1) is 11.7 Å². The highest BCUT2D eigenvalue weighted by molar-refractivity contribution is 5.88. The van der Waals surface area contributed by atoms with Gasteiger partial charge in [-0.15, -0.1) is 0 Å². The van der Waals surface area contributed by atoms with E-state index >= 15 is 0 Å². The van der Waals surface area contributed by atoms with Crippen molar-refractivity contribution in [1.29, 1.82) is 0 Å². The van der Waals surface area contributed by atoms with Gasteiger partial charge in [0.05, 0.1) is 5.39 Å². The fourth-order valence-corrected chi connectivity index (χ4v) is 4.46. The molecule has 0 radical (unpaired) electrons. The van der Waals surface area contributed by atoms with Gasteiger partial charge in [0.25, 0.3) is 0 Å². The summed E-state index contributed by atoms with van der Waals surface area (Å²) in [6.45, 7) is 4.85. The standard InChI is InChI=1S/C21H24FN5O/c22-16-5-7-19-18(11-16)21(25-28-19)27-10-9-26-13-15(4-6-17(26)14-27)12-24-20-3-1-2-8-23-20/h1-3,5,7-8,11,15,17H,4,6,9-10,12-14H2,(H,23,24). The second kappa shape index (κ2) is 7.39. The molecule has 0 saturated carbocycles. The zero-order chi connectivity index (χ0) is 18.9. The van der Waals surface area contributed by atoms with Crippen LogP contribution in [0.15, 0.2) is 47.1 Å². The SMILES string of the molecule is Fc1ccc2onc(N3CCN4CC(CNc5ccccn5)CCC4C3)c2c1. The van der Waals surface area contributed by atoms with E-state index in [9.17, 15) is 4.39 Å². The quantitative estimate of drug-likeness (QED) is 0.748. The molecule has 2 saturated heterocycles. The fraction of sp³-hybridized carbons (Fsp3) is 0.429. The van der Waals surface area contributed by atoms with Gasteiger partial charge in [-0.05, 0) is 49.1 Å². The summed E-state index contributed by atoms with van der Waals surface area (Å²) in [7, 11) is 0. The molecule has 7 heteroatoms. The number of fused-ring (bicyclic) bond motifs is 2. The van der Waals surface area contributed by atoms with Gasteiger partial charge in [-0.3, -0.25) is 4.90 Å². The van der Waals surface area contributed by atoms with Crippen molar-refractivity contribution in [1.82, 2.24) is 15.0 Å². The Balaban J connectivity index is 1.21. The molecule has 2 aliphatic heterocycles. The van der Waals surface area contributed by atoms with Crippen LogP contribution in [-0.2, 0) is 0 Å². The molecule has 2 fully saturated rings. The van der Waals surface area contributed by atoms with Crippen LogP contribution in [0.2, 0.25) is 0 Å². The normalized spacial score (nSPS) is 23.0. The molecule has 1 N–H and O–H groups in total. The Morgan fingerprint density at radius 3 is 3.00 bits per heavy atom. The molecule has 146 valence electrons. The molecule has 0 spiro atoms. The molecule has 4 heterocycles. The van der Waals surface area contributed by atoms with Gasteiger partial charge in [0.2, 0.25) is 0 Å². The lowest BCUT2D eigenvalue weighted by Gasteiger charge is -2.46. The van der Waals surface area contributed by atoms with Gasteiger partial charge in [-0.25, -0.2) is 9.37 Å². The highest BCUT2D eigenvalue weighted by Crippen LogP contribution is 2.31. The molecule has 2 atom stereocenters. The van der Waals surface area contributed by atoms with Crippen molar-refractivity contribution in [3.05, 3.63) is 48.4 Å². The number of hydrogen-bond donors (Lipinski definition) is 1. The minimum absolute atomic E-state index is 0.253. The molecule has 2 aliphatic rings. The summed E-state index contributed by atoms with van der Waals surface area (Å²) in [4.78, 5) is 9.18. The third-order valence-corrected chi connectivity index (χ3v) is 5.95. The first kappa shape index (κ1) is 17.4. The first-order chi connectivity index (χ1) is 13.8. The summed E-state index contributed by atoms with van der Waals surface area (Å²) in [5.74, 6) is 2.09. The lowest BCUT2D eigenvalue weighted by Crippen LogP contribution is -2.57. The second-order valence-corrected chi connectivity index (χ2v) is 7.78. The van der Waals surface area contributed by atoms with E-state index in [1.807, 2.05) is 24.4 Å². The zero-order valence-electron chi connectivity index (χ0n) is 15.7. The van der Waals surface area contributed by atoms with Crippen molar-refractivity contribution in [3.8, 4) is 0 Å². The number of hydrogen-bond acceptors (Lipinski definition) is 6. The number of aromatic nitrogens is 2. The Labute approximate surface area is 163 Å². The van der Waals surface area contributed by atoms with Gasteiger partial charge in [0, 0.05) is 45.0 Å². The zero-order valence-corrected chi connectivity index (χ0v) is 15.7. The first-order valence-corrected chi connectivity index (χ1v) is 9.95. The van der Waals surface area contributed by atoms with Gasteiger partial charge in [0.15, 0.2) is 11.4 Å². The van der Waals surface area contributed by atoms with Crippen molar-refractivity contribution >= 4 is 22.6 Å². The molecule has 0 bridgehead atoms. The third kappa shape index (κ3) is 3.42. The number of piperidine rings is 1. The number of halogens is 1. The van der Waals surface area contributed by atoms with E-state index in [0.717, 1.165) is 56.2 Å². The molecule has 1 aromatic carbocycles. The Bertz CT molecular complexity index is 946. The molecule has 3 aromatic rings. The molecule has 6 nitrogen and oxygen atoms in total. The van der Waals surface area contributed by atoms with Crippen LogP contribution in [0.4, 0.5) is 16.0 Å². The Kier molecular flexibility index (Phi) is 4.60. The molecule has 2 unspecified atom stereocenters. The number of anilines is 2. The van der Waals surface area contributed by atoms with Crippen molar-refractivity contribution in [2.75, 3.05) is 42.9 Å². The second-order valence-electron chi connectivity index (χ2n) is 7.78. The van der Waals surface area contributed by atoms with Crippen molar-refractivity contribution in [3.63, 3.8) is 0 Å². The van der Waals surface area contributed by atoms with Crippen LogP contribution in [0.3, 0.4) is 0 Å². The van der Waals surface area contributed by atoms with E-state index in [4.69, 9.17) is 4.52 Å². The molecule has 2 aromatic heterocycles. The summed E-state index contributed by atoms with van der Waals surface area (Å²) in [5, 5.41) is 8.45. The van der Waals surface area contributed by atoms with Gasteiger partial charge in [-0.1, -0.05) is 11.2 Å². The number of piperazine rings is 1. The summed E-state index contributed by atoms with van der Waals surface area (Å²) in [6.07, 6.45) is 4.18. The summed E-state index contributed by atoms with van der Waals surface area (Å²) >= 11 is 0. The lowest BCUT2D eigenvalue weighted by molar-refractivity contribution is 0.0994. The first-order valence-electron chi connectivity index (χ1n) is 9.95. The smallest absolute Gasteiger partial charge is 0.180 e. The summed E-state index contributed by atoms with van der Waals surface area (Å²) < 4.78 is 19.1. The minimum Gasteiger partial charge on any atom is -0.370 e. The van der Waals surface area contributed by atoms with E-state index < -0.39 is 0 Å². The maximum absolute atomic E-state index is 13.7. The monoisotopic (exact) mass is 381 g/mol. The third-order valence-electron chi connectivity index (χ3n) is 5.95. The van der Waals surface area contributed by atoms with E-state index in [1.165, 1.54) is 18.6 Å². The highest BCUT2D eigenvalue weighted by Gasteiger charge is 2.34. The van der Waals surface area contributed by atoms with Gasteiger partial charge in [-0.2, -0.15) is 0 Å². The van der Waals surface area contributed by atoms with Gasteiger partial charge < -0.3 is 14.7 Å². The largest absolute Gasteiger partial charge is 0.370 e. The Morgan fingerprint density at radius 1 is 1.14 bits per heavy atom. The number of nitrogens with zero attached hydrogens (tertiary/aromatic N) is 4. The van der Waals surface area contributed by atoms with Crippen LogP contribution >= 0.6 is 0 Å². The molecular weight excluding hydrogens is 357 g/mol. The van der Waals surface area contributed by atoms with Crippen molar-refractivity contribution in [2.24, 2.45) is 5.92 Å². The molecule has 5 rings (SSSR count). The highest BCUT2D eigenvalue weighted by atomic mass is 19.1. The predicted octanol–water partition coefficient (Wildman–Crippen LogP) is 3.37. The predicted molar refractivity (Wildman–Crippen MR) is 107 cm³/mol. The summed E-state index contributed by atoms with van der Waals surface area (Å²) in [6, 6.07) is 11.0. The van der Waals surface area contributed by atoms with E-state index in [0.29, 0.717) is 17.5 Å². The van der Waals surface area contributed by atoms with Crippen LogP contribution in [0.1, 0.15) is 12.8 Å². The number of pyridine rings is 1. The number of rotatable bonds is 4. The van der Waals surface area contributed by atoms with Gasteiger partial charge in [0.1, 0.15) is 11.6 Å². The Hall–Kier alpha value is -2.67. The minimum atomic E-state index is -0.253. The van der Waals surface area contributed by atoms with Crippen LogP contribution in [0.25, 0.3) is 11.0 Å². The Morgan fingerprint density at radius 2 is 2.11 bits per heavy atom. The van der Waals surface area contributed by atoms with E-state index in [2.05, 4.69) is 25.3 Å². The number of benzene rings is 1. The van der Waals surface area contributed by atoms with Crippen LogP contribution in [-0.4, -0.2) is 53.8 Å². The van der Waals surface area contributed by atoms with Crippen LogP contribution in [0.5, 0.6) is 0 Å². The van der Waals surface area contributed by atoms with E-state index in [-0.39, 0.29) is 5.82 Å². The maximum atomic E-state index is 13.7. The van der Waals surface area contributed by atoms with Crippen molar-refractivity contribution in [2.45, 2.75) is 18.9 Å². The average Bonchev–Trinajstić information content (AvgIpc) is 3.15. The average molecular weight is 381 g/mol. The fourth-order valence-electron chi connectivity index (χ4n) is 4.46. The van der Waals surface area contributed by atoms with Gasteiger partial charge >= 0.3 is 0 Å². The molecule has 0 amide bonds. The lowest BCUT2D eigenvalue weighted by atomic mass is 9.91.